The standard InChI is InChI=1S/C17H28N2O2.ClH/c1-13(2)12-21-15-8-6-14(7-9-15)17(3,4)16(20)19-11-10-18-5;/h6-9,13,18H,10-12H2,1-5H3,(H,19,20);1H. The molecule has 0 heterocycles. The SMILES string of the molecule is CNCCNC(=O)C(C)(C)c1ccc(OCC(C)C)cc1.Cl. The predicted molar refractivity (Wildman–Crippen MR) is 94.0 cm³/mol. The van der Waals surface area contributed by atoms with Gasteiger partial charge in [0.1, 0.15) is 5.75 Å². The number of hydrogen-bond acceptors (Lipinski definition) is 3. The van der Waals surface area contributed by atoms with Crippen LogP contribution < -0.4 is 15.4 Å². The fourth-order valence-corrected chi connectivity index (χ4v) is 1.88. The predicted octanol–water partition coefficient (Wildman–Crippen LogP) is 2.76. The van der Waals surface area contributed by atoms with Crippen molar-refractivity contribution < 1.29 is 9.53 Å². The van der Waals surface area contributed by atoms with E-state index in [1.54, 1.807) is 0 Å². The molecule has 4 nitrogen and oxygen atoms in total. The lowest BCUT2D eigenvalue weighted by Crippen LogP contribution is -2.42. The van der Waals surface area contributed by atoms with Crippen molar-refractivity contribution >= 4 is 18.3 Å². The molecule has 0 radical (unpaired) electrons. The van der Waals surface area contributed by atoms with E-state index in [4.69, 9.17) is 4.74 Å². The van der Waals surface area contributed by atoms with E-state index in [1.807, 2.05) is 45.2 Å². The molecule has 0 aromatic heterocycles. The summed E-state index contributed by atoms with van der Waals surface area (Å²) in [5.74, 6) is 1.38. The van der Waals surface area contributed by atoms with Crippen molar-refractivity contribution in [1.82, 2.24) is 10.6 Å². The maximum atomic E-state index is 12.3. The lowest BCUT2D eigenvalue weighted by molar-refractivity contribution is -0.125. The normalized spacial score (nSPS) is 11.0. The van der Waals surface area contributed by atoms with Crippen LogP contribution in [0.3, 0.4) is 0 Å². The first-order valence-electron chi connectivity index (χ1n) is 7.54. The van der Waals surface area contributed by atoms with Crippen molar-refractivity contribution in [3.05, 3.63) is 29.8 Å². The topological polar surface area (TPSA) is 50.4 Å². The monoisotopic (exact) mass is 328 g/mol. The Labute approximate surface area is 140 Å². The molecule has 2 N–H and O–H groups in total. The first-order chi connectivity index (χ1) is 9.87. The molecule has 0 bridgehead atoms. The second-order valence-corrected chi connectivity index (χ2v) is 6.21. The third-order valence-corrected chi connectivity index (χ3v) is 3.39. The first-order valence-corrected chi connectivity index (χ1v) is 7.54. The van der Waals surface area contributed by atoms with Gasteiger partial charge in [-0.05, 0) is 44.5 Å². The van der Waals surface area contributed by atoms with E-state index in [0.29, 0.717) is 19.1 Å². The zero-order chi connectivity index (χ0) is 15.9. The number of carbonyl (C=O) groups is 1. The molecule has 1 aromatic rings. The van der Waals surface area contributed by atoms with Crippen LogP contribution >= 0.6 is 12.4 Å². The Hall–Kier alpha value is -1.26. The van der Waals surface area contributed by atoms with E-state index in [0.717, 1.165) is 17.9 Å². The average molecular weight is 329 g/mol. The highest BCUT2D eigenvalue weighted by Crippen LogP contribution is 2.25. The number of carbonyl (C=O) groups excluding carboxylic acids is 1. The third kappa shape index (κ3) is 6.24. The summed E-state index contributed by atoms with van der Waals surface area (Å²) >= 11 is 0. The van der Waals surface area contributed by atoms with Crippen molar-refractivity contribution in [2.75, 3.05) is 26.7 Å². The largest absolute Gasteiger partial charge is 0.493 e. The number of hydrogen-bond donors (Lipinski definition) is 2. The molecule has 1 aromatic carbocycles. The molecule has 0 spiro atoms. The van der Waals surface area contributed by atoms with E-state index in [9.17, 15) is 4.79 Å². The van der Waals surface area contributed by atoms with E-state index in [2.05, 4.69) is 24.5 Å². The van der Waals surface area contributed by atoms with Gasteiger partial charge in [0.05, 0.1) is 12.0 Å². The van der Waals surface area contributed by atoms with Gasteiger partial charge >= 0.3 is 0 Å². The number of benzene rings is 1. The van der Waals surface area contributed by atoms with E-state index >= 15 is 0 Å². The molecule has 5 heteroatoms. The fraction of sp³-hybridized carbons (Fsp3) is 0.588. The maximum absolute atomic E-state index is 12.3. The highest BCUT2D eigenvalue weighted by molar-refractivity contribution is 5.87. The van der Waals surface area contributed by atoms with Crippen LogP contribution in [0.1, 0.15) is 33.3 Å². The molecule has 0 fully saturated rings. The van der Waals surface area contributed by atoms with E-state index in [-0.39, 0.29) is 18.3 Å². The molecule has 0 aliphatic heterocycles. The van der Waals surface area contributed by atoms with Gasteiger partial charge in [-0.3, -0.25) is 4.79 Å². The lowest BCUT2D eigenvalue weighted by Gasteiger charge is -2.24. The molecule has 1 rings (SSSR count). The molecule has 0 saturated heterocycles. The molecule has 0 aliphatic carbocycles. The van der Waals surface area contributed by atoms with Crippen LogP contribution in [0.15, 0.2) is 24.3 Å². The van der Waals surface area contributed by atoms with Crippen LogP contribution in [0.5, 0.6) is 5.75 Å². The van der Waals surface area contributed by atoms with Gasteiger partial charge in [0.25, 0.3) is 0 Å². The van der Waals surface area contributed by atoms with Gasteiger partial charge in [-0.1, -0.05) is 26.0 Å². The molecule has 126 valence electrons. The minimum absolute atomic E-state index is 0. The minimum atomic E-state index is -0.551. The summed E-state index contributed by atoms with van der Waals surface area (Å²) in [6.45, 7) is 10.2. The van der Waals surface area contributed by atoms with Crippen LogP contribution in [0.25, 0.3) is 0 Å². The summed E-state index contributed by atoms with van der Waals surface area (Å²) < 4.78 is 5.67. The number of amides is 1. The molecule has 0 atom stereocenters. The molecule has 22 heavy (non-hydrogen) atoms. The number of ether oxygens (including phenoxy) is 1. The van der Waals surface area contributed by atoms with Gasteiger partial charge in [0, 0.05) is 13.1 Å². The highest BCUT2D eigenvalue weighted by atomic mass is 35.5. The van der Waals surface area contributed by atoms with Gasteiger partial charge in [-0.15, -0.1) is 12.4 Å². The molecular weight excluding hydrogens is 300 g/mol. The van der Waals surface area contributed by atoms with Crippen molar-refractivity contribution in [3.63, 3.8) is 0 Å². The summed E-state index contributed by atoms with van der Waals surface area (Å²) in [4.78, 5) is 12.3. The Morgan fingerprint density at radius 3 is 2.27 bits per heavy atom. The summed E-state index contributed by atoms with van der Waals surface area (Å²) in [5, 5.41) is 5.96. The molecule has 0 aliphatic rings. The molecular formula is C17H29ClN2O2. The van der Waals surface area contributed by atoms with E-state index in [1.165, 1.54) is 0 Å². The number of rotatable bonds is 8. The Bertz CT molecular complexity index is 444. The van der Waals surface area contributed by atoms with Crippen molar-refractivity contribution in [2.45, 2.75) is 33.1 Å². The van der Waals surface area contributed by atoms with Gasteiger partial charge in [-0.25, -0.2) is 0 Å². The minimum Gasteiger partial charge on any atom is -0.493 e. The van der Waals surface area contributed by atoms with Crippen molar-refractivity contribution in [3.8, 4) is 5.75 Å². The van der Waals surface area contributed by atoms with Crippen LogP contribution in [0.2, 0.25) is 0 Å². The zero-order valence-corrected chi connectivity index (χ0v) is 15.0. The van der Waals surface area contributed by atoms with Crippen LogP contribution in [-0.2, 0) is 10.2 Å². The molecule has 0 unspecified atom stereocenters. The van der Waals surface area contributed by atoms with Crippen LogP contribution in [0.4, 0.5) is 0 Å². The second kappa shape index (κ2) is 9.70. The van der Waals surface area contributed by atoms with Crippen molar-refractivity contribution in [2.24, 2.45) is 5.92 Å². The summed E-state index contributed by atoms with van der Waals surface area (Å²) in [6, 6.07) is 7.79. The lowest BCUT2D eigenvalue weighted by atomic mass is 9.83. The second-order valence-electron chi connectivity index (χ2n) is 6.21. The quantitative estimate of drug-likeness (QED) is 0.721. The van der Waals surface area contributed by atoms with Crippen LogP contribution in [0, 0.1) is 5.92 Å². The van der Waals surface area contributed by atoms with Crippen LogP contribution in [-0.4, -0.2) is 32.7 Å². The van der Waals surface area contributed by atoms with Gasteiger partial charge < -0.3 is 15.4 Å². The maximum Gasteiger partial charge on any atom is 0.230 e. The third-order valence-electron chi connectivity index (χ3n) is 3.39. The Kier molecular flexibility index (Phi) is 9.14. The van der Waals surface area contributed by atoms with E-state index < -0.39 is 5.41 Å². The van der Waals surface area contributed by atoms with Crippen molar-refractivity contribution in [1.29, 1.82) is 0 Å². The Balaban J connectivity index is 0.00000441. The smallest absolute Gasteiger partial charge is 0.230 e. The number of likely N-dealkylation sites (N-methyl/N-ethyl adjacent to an activating group) is 1. The average Bonchev–Trinajstić information content (AvgIpc) is 2.45. The zero-order valence-electron chi connectivity index (χ0n) is 14.2. The number of halogens is 1. The van der Waals surface area contributed by atoms with Gasteiger partial charge in [-0.2, -0.15) is 0 Å². The Morgan fingerprint density at radius 1 is 1.18 bits per heavy atom. The summed E-state index contributed by atoms with van der Waals surface area (Å²) in [5.41, 5.74) is 0.436. The Morgan fingerprint density at radius 2 is 1.77 bits per heavy atom. The summed E-state index contributed by atoms with van der Waals surface area (Å²) in [7, 11) is 1.87. The van der Waals surface area contributed by atoms with Gasteiger partial charge in [0.15, 0.2) is 0 Å². The number of nitrogens with one attached hydrogen (secondary N) is 2. The molecule has 1 amide bonds. The van der Waals surface area contributed by atoms with Gasteiger partial charge in [0.2, 0.25) is 5.91 Å². The molecule has 0 saturated carbocycles. The summed E-state index contributed by atoms with van der Waals surface area (Å²) in [6.07, 6.45) is 0. The first kappa shape index (κ1) is 20.7. The highest BCUT2D eigenvalue weighted by Gasteiger charge is 2.29. The fourth-order valence-electron chi connectivity index (χ4n) is 1.88.